The van der Waals surface area contributed by atoms with Crippen LogP contribution in [0.4, 0.5) is 5.82 Å². The summed E-state index contributed by atoms with van der Waals surface area (Å²) in [7, 11) is 1.35. The van der Waals surface area contributed by atoms with E-state index in [4.69, 9.17) is 22.3 Å². The van der Waals surface area contributed by atoms with Crippen LogP contribution < -0.4 is 0 Å². The molecule has 0 radical (unpaired) electrons. The van der Waals surface area contributed by atoms with E-state index >= 15 is 0 Å². The number of benzene rings is 1. The third-order valence-corrected chi connectivity index (χ3v) is 4.81. The first kappa shape index (κ1) is 12.8. The van der Waals surface area contributed by atoms with E-state index in [0.717, 1.165) is 6.42 Å². The van der Waals surface area contributed by atoms with Gasteiger partial charge < -0.3 is 9.67 Å². The van der Waals surface area contributed by atoms with Crippen LogP contribution in [-0.2, 0) is 15.6 Å². The largest absolute Gasteiger partial charge is 0.504 e. The molecule has 1 N–H and O–H groups in total. The highest BCUT2D eigenvalue weighted by molar-refractivity contribution is 8.13. The van der Waals surface area contributed by atoms with Crippen LogP contribution in [-0.4, -0.2) is 24.3 Å². The van der Waals surface area contributed by atoms with Gasteiger partial charge in [-0.1, -0.05) is 11.6 Å². The predicted molar refractivity (Wildman–Crippen MR) is 74.4 cm³/mol. The van der Waals surface area contributed by atoms with Gasteiger partial charge in [-0.15, -0.1) is 0 Å². The molecule has 5 nitrogen and oxygen atoms in total. The van der Waals surface area contributed by atoms with E-state index in [-0.39, 0.29) is 15.7 Å². The third-order valence-electron chi connectivity index (χ3n) is 3.02. The fraction of sp³-hybridized carbons (Fsp3) is 0.182. The van der Waals surface area contributed by atoms with Crippen LogP contribution in [0.3, 0.4) is 0 Å². The molecule has 0 saturated heterocycles. The number of aliphatic imine (C=N–C) groups is 1. The number of halogens is 2. The maximum Gasteiger partial charge on any atom is 0.262 e. The van der Waals surface area contributed by atoms with Crippen LogP contribution in [0.25, 0.3) is 10.9 Å². The summed E-state index contributed by atoms with van der Waals surface area (Å²) in [5, 5.41) is 10.5. The number of aromatic nitrogens is 1. The summed E-state index contributed by atoms with van der Waals surface area (Å²) in [6.45, 7) is 0.652. The normalized spacial score (nSPS) is 14.8. The summed E-state index contributed by atoms with van der Waals surface area (Å²) in [6.07, 6.45) is 2.44. The number of nitrogens with zero attached hydrogens (tertiary/aromatic N) is 2. The summed E-state index contributed by atoms with van der Waals surface area (Å²) in [4.78, 5) is 3.90. The molecule has 0 unspecified atom stereocenters. The van der Waals surface area contributed by atoms with Gasteiger partial charge in [0.1, 0.15) is 4.90 Å². The van der Waals surface area contributed by atoms with Crippen LogP contribution in [0.2, 0.25) is 5.02 Å². The molecule has 2 aromatic rings. The number of hydrogen-bond donors (Lipinski definition) is 1. The van der Waals surface area contributed by atoms with E-state index < -0.39 is 9.05 Å². The molecule has 1 aromatic carbocycles. The van der Waals surface area contributed by atoms with Crippen molar-refractivity contribution in [3.05, 3.63) is 17.2 Å². The van der Waals surface area contributed by atoms with E-state index in [1.807, 2.05) is 0 Å². The van der Waals surface area contributed by atoms with Crippen molar-refractivity contribution >= 4 is 54.3 Å². The second-order valence-corrected chi connectivity index (χ2v) is 7.10. The van der Waals surface area contributed by atoms with Crippen molar-refractivity contribution < 1.29 is 13.5 Å². The summed E-state index contributed by atoms with van der Waals surface area (Å²) < 4.78 is 24.6. The number of hydrogen-bond acceptors (Lipinski definition) is 4. The summed E-state index contributed by atoms with van der Waals surface area (Å²) in [5.74, 6) is 0.339. The molecule has 0 fully saturated rings. The Kier molecular flexibility index (Phi) is 2.78. The van der Waals surface area contributed by atoms with Crippen molar-refractivity contribution in [2.45, 2.75) is 17.9 Å². The topological polar surface area (TPSA) is 71.7 Å². The molecule has 8 heteroatoms. The molecule has 2 heterocycles. The lowest BCUT2D eigenvalue weighted by atomic mass is 10.2. The average Bonchev–Trinajstić information content (AvgIpc) is 2.61. The van der Waals surface area contributed by atoms with Crippen LogP contribution in [0.5, 0.6) is 5.75 Å². The first-order chi connectivity index (χ1) is 8.89. The molecule has 1 aliphatic heterocycles. The number of rotatable bonds is 1. The van der Waals surface area contributed by atoms with Crippen LogP contribution in [0.1, 0.15) is 6.42 Å². The van der Waals surface area contributed by atoms with Gasteiger partial charge in [-0.25, -0.2) is 13.4 Å². The van der Waals surface area contributed by atoms with E-state index in [9.17, 15) is 13.5 Å². The highest BCUT2D eigenvalue weighted by Crippen LogP contribution is 2.42. The van der Waals surface area contributed by atoms with Gasteiger partial charge >= 0.3 is 0 Å². The minimum absolute atomic E-state index is 0.0253. The monoisotopic (exact) mass is 318 g/mol. The van der Waals surface area contributed by atoms with Gasteiger partial charge in [-0.05, 0) is 12.1 Å². The molecular weight excluding hydrogens is 311 g/mol. The minimum atomic E-state index is -3.96. The van der Waals surface area contributed by atoms with E-state index in [0.29, 0.717) is 23.3 Å². The van der Waals surface area contributed by atoms with E-state index in [2.05, 4.69) is 4.99 Å². The first-order valence-electron chi connectivity index (χ1n) is 5.41. The molecule has 0 atom stereocenters. The Hall–Kier alpha value is -1.24. The Morgan fingerprint density at radius 2 is 2.11 bits per heavy atom. The zero-order valence-electron chi connectivity index (χ0n) is 9.47. The maximum atomic E-state index is 11.4. The van der Waals surface area contributed by atoms with Crippen LogP contribution in [0.15, 0.2) is 22.0 Å². The molecular formula is C11H8Cl2N2O3S. The Morgan fingerprint density at radius 1 is 1.37 bits per heavy atom. The van der Waals surface area contributed by atoms with Crippen molar-refractivity contribution in [3.63, 3.8) is 0 Å². The molecule has 0 aliphatic carbocycles. The van der Waals surface area contributed by atoms with Gasteiger partial charge in [0.15, 0.2) is 11.6 Å². The van der Waals surface area contributed by atoms with Gasteiger partial charge in [-0.2, -0.15) is 0 Å². The molecule has 0 spiro atoms. The van der Waals surface area contributed by atoms with E-state index in [1.54, 1.807) is 10.8 Å². The Morgan fingerprint density at radius 3 is 2.79 bits per heavy atom. The lowest BCUT2D eigenvalue weighted by molar-refractivity contribution is 0.480. The van der Waals surface area contributed by atoms with Gasteiger partial charge in [0, 0.05) is 35.2 Å². The second kappa shape index (κ2) is 4.13. The highest BCUT2D eigenvalue weighted by atomic mass is 35.7. The molecule has 0 bridgehead atoms. The number of fused-ring (bicyclic) bond motifs is 3. The van der Waals surface area contributed by atoms with Gasteiger partial charge in [0.05, 0.1) is 10.5 Å². The molecule has 3 rings (SSSR count). The van der Waals surface area contributed by atoms with Crippen molar-refractivity contribution in [2.24, 2.45) is 4.99 Å². The zero-order chi connectivity index (χ0) is 13.8. The fourth-order valence-electron chi connectivity index (χ4n) is 2.20. The van der Waals surface area contributed by atoms with Crippen LogP contribution in [0, 0.1) is 0 Å². The standard InChI is InChI=1S/C11H8Cl2N2O3S/c12-7-5-8-6(4-9(7)19(13,17)18)10(16)11-14-2-1-3-15(8)11/h2,4-5,16H,1,3H2. The summed E-state index contributed by atoms with van der Waals surface area (Å²) >= 11 is 5.94. The number of aryl methyl sites for hydroxylation is 1. The number of aromatic hydroxyl groups is 1. The lowest BCUT2D eigenvalue weighted by Crippen LogP contribution is -2.02. The SMILES string of the molecule is O=S(=O)(Cl)c1cc2c(O)c3n(c2cc1Cl)CCC=N3. The van der Waals surface area contributed by atoms with Gasteiger partial charge in [0.2, 0.25) is 0 Å². The van der Waals surface area contributed by atoms with E-state index in [1.165, 1.54) is 12.1 Å². The first-order valence-corrected chi connectivity index (χ1v) is 8.10. The Labute approximate surface area is 118 Å². The molecule has 0 amide bonds. The zero-order valence-corrected chi connectivity index (χ0v) is 11.8. The molecule has 19 heavy (non-hydrogen) atoms. The molecule has 1 aromatic heterocycles. The predicted octanol–water partition coefficient (Wildman–Crippen LogP) is 3.03. The Bertz CT molecular complexity index is 824. The van der Waals surface area contributed by atoms with Crippen molar-refractivity contribution in [2.75, 3.05) is 0 Å². The molecule has 1 aliphatic rings. The maximum absolute atomic E-state index is 11.4. The third kappa shape index (κ3) is 1.91. The minimum Gasteiger partial charge on any atom is -0.504 e. The van der Waals surface area contributed by atoms with Crippen LogP contribution >= 0.6 is 22.3 Å². The summed E-state index contributed by atoms with van der Waals surface area (Å²) in [5.41, 5.74) is 0.637. The summed E-state index contributed by atoms with van der Waals surface area (Å²) in [6, 6.07) is 2.76. The molecule has 0 saturated carbocycles. The van der Waals surface area contributed by atoms with Gasteiger partial charge in [-0.3, -0.25) is 0 Å². The highest BCUT2D eigenvalue weighted by Gasteiger charge is 2.23. The van der Waals surface area contributed by atoms with Crippen molar-refractivity contribution in [1.82, 2.24) is 4.57 Å². The second-order valence-electron chi connectivity index (χ2n) is 4.16. The quantitative estimate of drug-likeness (QED) is 0.821. The van der Waals surface area contributed by atoms with Crippen molar-refractivity contribution in [3.8, 4) is 5.75 Å². The molecule has 100 valence electrons. The van der Waals surface area contributed by atoms with Gasteiger partial charge in [0.25, 0.3) is 9.05 Å². The fourth-order valence-corrected chi connectivity index (χ4v) is 3.71. The Balaban J connectivity index is 2.43. The average molecular weight is 319 g/mol. The smallest absolute Gasteiger partial charge is 0.262 e. The lowest BCUT2D eigenvalue weighted by Gasteiger charge is -2.10. The van der Waals surface area contributed by atoms with Crippen molar-refractivity contribution in [1.29, 1.82) is 0 Å².